The van der Waals surface area contributed by atoms with Crippen LogP contribution in [0.5, 0.6) is 5.75 Å². The molecule has 2 aliphatic rings. The number of rotatable bonds is 3. The molecule has 0 unspecified atom stereocenters. The van der Waals surface area contributed by atoms with Gasteiger partial charge in [0.1, 0.15) is 11.8 Å². The molecule has 1 aliphatic carbocycles. The summed E-state index contributed by atoms with van der Waals surface area (Å²) in [5.74, 6) is -2.06. The Morgan fingerprint density at radius 2 is 1.87 bits per heavy atom. The van der Waals surface area contributed by atoms with Crippen LogP contribution in [-0.2, 0) is 27.8 Å². The summed E-state index contributed by atoms with van der Waals surface area (Å²) < 4.78 is 13.9. The van der Waals surface area contributed by atoms with Gasteiger partial charge in [-0.05, 0) is 23.3 Å². The molecule has 0 bridgehead atoms. The van der Waals surface area contributed by atoms with Crippen molar-refractivity contribution < 1.29 is 24.5 Å². The van der Waals surface area contributed by atoms with Crippen LogP contribution >= 0.6 is 15.9 Å². The van der Waals surface area contributed by atoms with Gasteiger partial charge >= 0.3 is 5.97 Å². The second kappa shape index (κ2) is 6.91. The van der Waals surface area contributed by atoms with Crippen LogP contribution in [0.15, 0.2) is 65.3 Å². The lowest BCUT2D eigenvalue weighted by Crippen LogP contribution is -2.52. The number of aliphatic hydroxyl groups excluding tert-OH is 1. The zero-order valence-electron chi connectivity index (χ0n) is 16.9. The fraction of sp³-hybridized carbons (Fsp3) is 0.304. The Hall–Kier alpha value is -2.68. The molecular formula is C23H21BrN2O5. The first-order chi connectivity index (χ1) is 14.8. The van der Waals surface area contributed by atoms with Crippen molar-refractivity contribution in [2.75, 3.05) is 7.11 Å². The summed E-state index contributed by atoms with van der Waals surface area (Å²) in [6.07, 6.45) is 0.152. The fourth-order valence-corrected chi connectivity index (χ4v) is 5.51. The monoisotopic (exact) mass is 484 g/mol. The van der Waals surface area contributed by atoms with Crippen molar-refractivity contribution in [2.45, 2.75) is 23.2 Å². The number of aryl methyl sites for hydroxylation is 1. The number of carbonyl (C=O) groups is 1. The number of aliphatic hydroxyl groups is 2. The minimum Gasteiger partial charge on any atom is -0.475 e. The number of esters is 1. The zero-order chi connectivity index (χ0) is 22.0. The minimum atomic E-state index is -1.98. The molecule has 5 rings (SSSR count). The third-order valence-corrected chi connectivity index (χ3v) is 6.99. The molecule has 3 aromatic rings. The van der Waals surface area contributed by atoms with Gasteiger partial charge < -0.3 is 19.7 Å². The smallest absolute Gasteiger partial charge is 0.312 e. The quantitative estimate of drug-likeness (QED) is 0.555. The molecule has 1 aliphatic heterocycles. The summed E-state index contributed by atoms with van der Waals surface area (Å²) in [6.45, 7) is 0. The summed E-state index contributed by atoms with van der Waals surface area (Å²) in [4.78, 5) is 12.9. The lowest BCUT2D eigenvalue weighted by Gasteiger charge is -2.40. The highest BCUT2D eigenvalue weighted by molar-refractivity contribution is 9.10. The molecule has 7 nitrogen and oxygen atoms in total. The van der Waals surface area contributed by atoms with Gasteiger partial charge in [0.15, 0.2) is 17.0 Å². The number of nitrogens with zero attached hydrogens (tertiary/aromatic N) is 2. The minimum absolute atomic E-state index is 0.206. The molecule has 160 valence electrons. The number of ether oxygens (including phenoxy) is 2. The zero-order valence-corrected chi connectivity index (χ0v) is 18.5. The third kappa shape index (κ3) is 2.52. The van der Waals surface area contributed by atoms with Crippen LogP contribution < -0.4 is 4.74 Å². The molecule has 0 spiro atoms. The molecule has 1 fully saturated rings. The van der Waals surface area contributed by atoms with Gasteiger partial charge in [-0.15, -0.1) is 0 Å². The Labute approximate surface area is 187 Å². The molecule has 0 saturated heterocycles. The number of methoxy groups -OCH3 is 1. The van der Waals surface area contributed by atoms with E-state index in [1.54, 1.807) is 13.2 Å². The first-order valence-corrected chi connectivity index (χ1v) is 10.7. The molecule has 2 heterocycles. The van der Waals surface area contributed by atoms with E-state index in [0.717, 1.165) is 10.0 Å². The second-order valence-electron chi connectivity index (χ2n) is 8.01. The Balaban J connectivity index is 1.85. The average Bonchev–Trinajstić information content (AvgIpc) is 3.32. The predicted octanol–water partition coefficient (Wildman–Crippen LogP) is 2.61. The third-order valence-electron chi connectivity index (χ3n) is 6.46. The molecule has 8 heteroatoms. The van der Waals surface area contributed by atoms with E-state index in [-0.39, 0.29) is 5.69 Å². The second-order valence-corrected chi connectivity index (χ2v) is 8.92. The number of aromatic nitrogens is 2. The maximum absolute atomic E-state index is 12.9. The number of carbonyl (C=O) groups excluding carboxylic acids is 1. The van der Waals surface area contributed by atoms with Gasteiger partial charge in [0.2, 0.25) is 0 Å². The average molecular weight is 485 g/mol. The summed E-state index contributed by atoms with van der Waals surface area (Å²) in [5.41, 5.74) is -1.89. The van der Waals surface area contributed by atoms with E-state index in [2.05, 4.69) is 21.0 Å². The number of halogens is 1. The lowest BCUT2D eigenvalue weighted by molar-refractivity contribution is -0.162. The molecular weight excluding hydrogens is 464 g/mol. The number of fused-ring (bicyclic) bond motifs is 3. The first kappa shape index (κ1) is 20.2. The number of hydrogen-bond acceptors (Lipinski definition) is 6. The van der Waals surface area contributed by atoms with E-state index in [9.17, 15) is 15.0 Å². The van der Waals surface area contributed by atoms with Crippen molar-refractivity contribution in [3.63, 3.8) is 0 Å². The van der Waals surface area contributed by atoms with E-state index in [1.165, 1.54) is 11.8 Å². The van der Waals surface area contributed by atoms with Gasteiger partial charge in [0.25, 0.3) is 0 Å². The van der Waals surface area contributed by atoms with Crippen LogP contribution in [0.4, 0.5) is 0 Å². The van der Waals surface area contributed by atoms with E-state index in [0.29, 0.717) is 11.3 Å². The largest absolute Gasteiger partial charge is 0.475 e. The highest BCUT2D eigenvalue weighted by Crippen LogP contribution is 2.68. The summed E-state index contributed by atoms with van der Waals surface area (Å²) in [5, 5.41) is 28.1. The Morgan fingerprint density at radius 3 is 2.52 bits per heavy atom. The van der Waals surface area contributed by atoms with Crippen LogP contribution in [0.25, 0.3) is 0 Å². The maximum Gasteiger partial charge on any atom is 0.312 e. The molecule has 2 aromatic carbocycles. The van der Waals surface area contributed by atoms with E-state index in [1.807, 2.05) is 54.6 Å². The van der Waals surface area contributed by atoms with Crippen LogP contribution in [0.2, 0.25) is 0 Å². The summed E-state index contributed by atoms with van der Waals surface area (Å²) in [7, 11) is 2.98. The van der Waals surface area contributed by atoms with Crippen molar-refractivity contribution in [3.05, 3.63) is 82.1 Å². The van der Waals surface area contributed by atoms with Gasteiger partial charge in [-0.3, -0.25) is 9.48 Å². The van der Waals surface area contributed by atoms with E-state index >= 15 is 0 Å². The highest BCUT2D eigenvalue weighted by Gasteiger charge is 2.78. The molecule has 1 saturated carbocycles. The predicted molar refractivity (Wildman–Crippen MR) is 114 cm³/mol. The van der Waals surface area contributed by atoms with E-state index in [4.69, 9.17) is 9.47 Å². The Morgan fingerprint density at radius 1 is 1.19 bits per heavy atom. The van der Waals surface area contributed by atoms with Crippen molar-refractivity contribution in [1.29, 1.82) is 0 Å². The highest BCUT2D eigenvalue weighted by atomic mass is 79.9. The Kier molecular flexibility index (Phi) is 4.51. The van der Waals surface area contributed by atoms with Crippen LogP contribution in [0.1, 0.15) is 22.7 Å². The van der Waals surface area contributed by atoms with Crippen molar-refractivity contribution in [2.24, 2.45) is 13.0 Å². The number of benzene rings is 2. The number of hydrogen-bond donors (Lipinski definition) is 2. The topological polar surface area (TPSA) is 93.8 Å². The molecule has 31 heavy (non-hydrogen) atoms. The maximum atomic E-state index is 12.9. The summed E-state index contributed by atoms with van der Waals surface area (Å²) in [6, 6.07) is 16.6. The SMILES string of the molecule is COC(=O)[C@H]1[C@@H](O)[C@@]2(O)c3nn(C)cc3O[C@@]2(c2ccc(Br)cc2)[C@@H]1c1ccccc1. The summed E-state index contributed by atoms with van der Waals surface area (Å²) >= 11 is 3.44. The van der Waals surface area contributed by atoms with Crippen LogP contribution in [-0.4, -0.2) is 39.2 Å². The molecule has 2 N–H and O–H groups in total. The van der Waals surface area contributed by atoms with E-state index < -0.39 is 35.1 Å². The van der Waals surface area contributed by atoms with Crippen molar-refractivity contribution >= 4 is 21.9 Å². The van der Waals surface area contributed by atoms with Gasteiger partial charge in [-0.25, -0.2) is 0 Å². The normalized spacial score (nSPS) is 31.1. The first-order valence-electron chi connectivity index (χ1n) is 9.87. The molecule has 0 amide bonds. The fourth-order valence-electron chi connectivity index (χ4n) is 5.25. The van der Waals surface area contributed by atoms with Gasteiger partial charge in [-0.1, -0.05) is 58.4 Å². The van der Waals surface area contributed by atoms with Crippen molar-refractivity contribution in [1.82, 2.24) is 9.78 Å². The Bertz CT molecular complexity index is 1150. The molecule has 5 atom stereocenters. The molecule has 1 aromatic heterocycles. The van der Waals surface area contributed by atoms with Crippen molar-refractivity contribution in [3.8, 4) is 5.75 Å². The van der Waals surface area contributed by atoms with Gasteiger partial charge in [0.05, 0.1) is 19.2 Å². The van der Waals surface area contributed by atoms with Crippen LogP contribution in [0, 0.1) is 5.92 Å². The van der Waals surface area contributed by atoms with Gasteiger partial charge in [0, 0.05) is 17.4 Å². The standard InChI is InChI=1S/C23H21BrN2O5/c1-26-12-16-19(25-26)22(29)20(27)17(21(28)30-2)18(13-6-4-3-5-7-13)23(22,31-16)14-8-10-15(24)11-9-14/h3-12,17-18,20,27,29H,1-2H3/t17-,18-,20-,22+,23+/m1/s1. The van der Waals surface area contributed by atoms with Gasteiger partial charge in [-0.2, -0.15) is 5.10 Å². The lowest BCUT2D eigenvalue weighted by atomic mass is 9.71. The molecule has 0 radical (unpaired) electrons. The van der Waals surface area contributed by atoms with Crippen LogP contribution in [0.3, 0.4) is 0 Å².